The summed E-state index contributed by atoms with van der Waals surface area (Å²) in [4.78, 5) is 4.67. The first-order valence-electron chi connectivity index (χ1n) is 9.11. The highest BCUT2D eigenvalue weighted by atomic mass is 35.5. The van der Waals surface area contributed by atoms with E-state index >= 15 is 0 Å². The molecule has 4 nitrogen and oxygen atoms in total. The van der Waals surface area contributed by atoms with Crippen molar-refractivity contribution < 1.29 is 0 Å². The zero-order valence-corrected chi connectivity index (χ0v) is 16.8. The van der Waals surface area contributed by atoms with Crippen LogP contribution in [0.25, 0.3) is 17.0 Å². The third kappa shape index (κ3) is 3.50. The smallest absolute Gasteiger partial charge is 0.194 e. The molecule has 0 saturated heterocycles. The predicted molar refractivity (Wildman–Crippen MR) is 110 cm³/mol. The second-order valence-corrected chi connectivity index (χ2v) is 8.47. The van der Waals surface area contributed by atoms with Crippen LogP contribution in [0, 0.1) is 6.92 Å². The molecule has 5 heteroatoms. The molecule has 4 aromatic rings. The van der Waals surface area contributed by atoms with Crippen molar-refractivity contribution >= 4 is 17.2 Å². The molecule has 0 amide bonds. The van der Waals surface area contributed by atoms with Crippen LogP contribution in [0.2, 0.25) is 5.02 Å². The summed E-state index contributed by atoms with van der Waals surface area (Å²) in [7, 11) is 0. The Morgan fingerprint density at radius 1 is 1.04 bits per heavy atom. The van der Waals surface area contributed by atoms with Gasteiger partial charge in [0.15, 0.2) is 11.5 Å². The number of aromatic nitrogens is 4. The van der Waals surface area contributed by atoms with Gasteiger partial charge in [-0.3, -0.25) is 5.10 Å². The number of rotatable bonds is 3. The normalized spacial score (nSPS) is 12.0. The number of benzene rings is 2. The summed E-state index contributed by atoms with van der Waals surface area (Å²) in [5.74, 6) is 0.676. The Hall–Kier alpha value is -2.59. The van der Waals surface area contributed by atoms with E-state index in [0.29, 0.717) is 16.5 Å². The number of H-pyrrole nitrogens is 1. The lowest BCUT2D eigenvalue weighted by Crippen LogP contribution is -2.12. The monoisotopic (exact) mass is 378 g/mol. The van der Waals surface area contributed by atoms with Gasteiger partial charge in [-0.2, -0.15) is 4.63 Å². The molecule has 0 radical (unpaired) electrons. The first-order chi connectivity index (χ1) is 12.8. The summed E-state index contributed by atoms with van der Waals surface area (Å²) in [6.07, 6.45) is 0.885. The van der Waals surface area contributed by atoms with Crippen molar-refractivity contribution in [3.05, 3.63) is 75.9 Å². The van der Waals surface area contributed by atoms with Crippen LogP contribution in [0.3, 0.4) is 0 Å². The Balaban J connectivity index is 1.67. The van der Waals surface area contributed by atoms with Crippen molar-refractivity contribution in [3.8, 4) is 11.4 Å². The molecule has 0 spiro atoms. The van der Waals surface area contributed by atoms with Crippen LogP contribution < -0.4 is 0 Å². The minimum atomic E-state index is -0.0899. The van der Waals surface area contributed by atoms with Gasteiger partial charge in [0.1, 0.15) is 5.02 Å². The van der Waals surface area contributed by atoms with E-state index in [4.69, 9.17) is 11.6 Å². The second-order valence-electron chi connectivity index (χ2n) is 8.09. The molecule has 2 aromatic carbocycles. The van der Waals surface area contributed by atoms with Crippen molar-refractivity contribution in [2.24, 2.45) is 0 Å². The summed E-state index contributed by atoms with van der Waals surface area (Å²) in [5.41, 5.74) is 6.32. The van der Waals surface area contributed by atoms with Gasteiger partial charge in [0, 0.05) is 11.0 Å². The maximum absolute atomic E-state index is 6.54. The average molecular weight is 379 g/mol. The summed E-state index contributed by atoms with van der Waals surface area (Å²) >= 11 is 6.54. The van der Waals surface area contributed by atoms with Gasteiger partial charge >= 0.3 is 0 Å². The second kappa shape index (κ2) is 6.54. The molecule has 2 heterocycles. The number of halogens is 1. The topological polar surface area (TPSA) is 46.0 Å². The Morgan fingerprint density at radius 3 is 2.41 bits per heavy atom. The van der Waals surface area contributed by atoms with Crippen molar-refractivity contribution in [2.45, 2.75) is 39.5 Å². The molecular weight excluding hydrogens is 356 g/mol. The highest BCUT2D eigenvalue weighted by Crippen LogP contribution is 2.31. The van der Waals surface area contributed by atoms with Gasteiger partial charge in [-0.15, -0.1) is 5.10 Å². The number of aryl methyl sites for hydroxylation is 1. The standard InChI is InChI=1S/C22H23ClN4/c1-14-7-5-8-15(11-14)12-16-9-6-10-17(13-16)20-24-21-18(23)19(22(2,3)4)25-27(21)26-20/h5-11,13,25H,12H2,1-4H3. The van der Waals surface area contributed by atoms with Crippen LogP contribution >= 0.6 is 11.6 Å². The van der Waals surface area contributed by atoms with Crippen LogP contribution in [-0.2, 0) is 11.8 Å². The van der Waals surface area contributed by atoms with Gasteiger partial charge in [0.05, 0.1) is 5.69 Å². The molecule has 0 unspecified atom stereocenters. The molecule has 0 aliphatic carbocycles. The van der Waals surface area contributed by atoms with E-state index in [9.17, 15) is 0 Å². The maximum Gasteiger partial charge on any atom is 0.194 e. The SMILES string of the molecule is Cc1cccc(Cc2cccc(-c3nc4c(Cl)c(C(C)(C)C)[nH]n4n3)c2)c1. The lowest BCUT2D eigenvalue weighted by molar-refractivity contribution is 0.557. The van der Waals surface area contributed by atoms with Crippen LogP contribution in [0.5, 0.6) is 0 Å². The van der Waals surface area contributed by atoms with Crippen LogP contribution in [0.15, 0.2) is 48.5 Å². The van der Waals surface area contributed by atoms with Gasteiger partial charge in [0.2, 0.25) is 0 Å². The molecule has 0 saturated carbocycles. The average Bonchev–Trinajstić information content (AvgIpc) is 3.15. The Kier molecular flexibility index (Phi) is 4.31. The molecule has 0 atom stereocenters. The Labute approximate surface area is 164 Å². The molecule has 0 aliphatic heterocycles. The summed E-state index contributed by atoms with van der Waals surface area (Å²) in [6, 6.07) is 17.0. The molecular formula is C22H23ClN4. The Morgan fingerprint density at radius 2 is 1.74 bits per heavy atom. The number of fused-ring (bicyclic) bond motifs is 1. The molecule has 1 N–H and O–H groups in total. The van der Waals surface area contributed by atoms with Crippen LogP contribution in [0.4, 0.5) is 0 Å². The van der Waals surface area contributed by atoms with E-state index < -0.39 is 0 Å². The summed E-state index contributed by atoms with van der Waals surface area (Å²) < 4.78 is 1.67. The first kappa shape index (κ1) is 17.8. The molecule has 0 fully saturated rings. The molecule has 0 aliphatic rings. The largest absolute Gasteiger partial charge is 0.278 e. The van der Waals surface area contributed by atoms with Gasteiger partial charge in [-0.25, -0.2) is 4.98 Å². The predicted octanol–water partition coefficient (Wildman–Crippen LogP) is 5.57. The van der Waals surface area contributed by atoms with Gasteiger partial charge in [-0.1, -0.05) is 80.4 Å². The van der Waals surface area contributed by atoms with Gasteiger partial charge in [-0.05, 0) is 30.5 Å². The van der Waals surface area contributed by atoms with Crippen molar-refractivity contribution in [1.82, 2.24) is 19.8 Å². The summed E-state index contributed by atoms with van der Waals surface area (Å²) in [5, 5.41) is 8.51. The van der Waals surface area contributed by atoms with E-state index in [2.05, 4.69) is 85.3 Å². The van der Waals surface area contributed by atoms with Crippen molar-refractivity contribution in [1.29, 1.82) is 0 Å². The fourth-order valence-corrected chi connectivity index (χ4v) is 3.74. The van der Waals surface area contributed by atoms with Crippen molar-refractivity contribution in [2.75, 3.05) is 0 Å². The van der Waals surface area contributed by atoms with Gasteiger partial charge in [0.25, 0.3) is 0 Å². The van der Waals surface area contributed by atoms with Crippen LogP contribution in [-0.4, -0.2) is 19.8 Å². The van der Waals surface area contributed by atoms with E-state index in [1.807, 2.05) is 6.07 Å². The fourth-order valence-electron chi connectivity index (χ4n) is 3.30. The number of hydrogen-bond acceptors (Lipinski definition) is 2. The third-order valence-corrected chi connectivity index (χ3v) is 5.02. The number of hydrogen-bond donors (Lipinski definition) is 1. The van der Waals surface area contributed by atoms with E-state index in [0.717, 1.165) is 17.7 Å². The molecule has 0 bridgehead atoms. The van der Waals surface area contributed by atoms with E-state index in [-0.39, 0.29) is 5.41 Å². The number of aromatic amines is 1. The third-order valence-electron chi connectivity index (χ3n) is 4.67. The lowest BCUT2D eigenvalue weighted by atomic mass is 9.92. The van der Waals surface area contributed by atoms with Crippen LogP contribution in [0.1, 0.15) is 43.2 Å². The first-order valence-corrected chi connectivity index (χ1v) is 9.48. The molecule has 4 rings (SSSR count). The molecule has 138 valence electrons. The maximum atomic E-state index is 6.54. The Bertz CT molecular complexity index is 1110. The van der Waals surface area contributed by atoms with Crippen molar-refractivity contribution in [3.63, 3.8) is 0 Å². The molecule has 2 aromatic heterocycles. The van der Waals surface area contributed by atoms with E-state index in [1.165, 1.54) is 16.7 Å². The highest BCUT2D eigenvalue weighted by Gasteiger charge is 2.24. The zero-order valence-electron chi connectivity index (χ0n) is 16.0. The number of nitrogens with one attached hydrogen (secondary N) is 1. The lowest BCUT2D eigenvalue weighted by Gasteiger charge is -2.16. The highest BCUT2D eigenvalue weighted by molar-refractivity contribution is 6.34. The quantitative estimate of drug-likeness (QED) is 0.506. The zero-order chi connectivity index (χ0) is 19.2. The fraction of sp³-hybridized carbons (Fsp3) is 0.273. The number of nitrogens with zero attached hydrogens (tertiary/aromatic N) is 3. The minimum absolute atomic E-state index is 0.0899. The van der Waals surface area contributed by atoms with E-state index in [1.54, 1.807) is 4.63 Å². The molecule has 27 heavy (non-hydrogen) atoms. The minimum Gasteiger partial charge on any atom is -0.278 e. The van der Waals surface area contributed by atoms with Gasteiger partial charge < -0.3 is 0 Å². The summed E-state index contributed by atoms with van der Waals surface area (Å²) in [6.45, 7) is 8.45.